The number of nitrogens with one attached hydrogen (secondary N) is 2. The molecule has 0 spiro atoms. The topological polar surface area (TPSA) is 81.7 Å². The summed E-state index contributed by atoms with van der Waals surface area (Å²) in [4.78, 5) is 24.6. The van der Waals surface area contributed by atoms with Crippen LogP contribution in [0.2, 0.25) is 0 Å². The van der Waals surface area contributed by atoms with Gasteiger partial charge in [0.25, 0.3) is 0 Å². The molecule has 1 aliphatic rings. The lowest BCUT2D eigenvalue weighted by Crippen LogP contribution is -2.48. The molecule has 2 unspecified atom stereocenters. The SMILES string of the molecule is CCC(CNC(=O)N1CCCC(CNC)C1)CC(=O)O. The predicted molar refractivity (Wildman–Crippen MR) is 77.7 cm³/mol. The number of carboxylic acid groups (broad SMARTS) is 1. The van der Waals surface area contributed by atoms with E-state index in [1.807, 2.05) is 18.9 Å². The molecule has 0 aliphatic carbocycles. The second-order valence-electron chi connectivity index (χ2n) is 5.57. The standard InChI is InChI=1S/C14H27N3O3/c1-3-11(7-13(18)19)9-16-14(20)17-6-4-5-12(10-17)8-15-2/h11-12,15H,3-10H2,1-2H3,(H,16,20)(H,18,19). The van der Waals surface area contributed by atoms with E-state index >= 15 is 0 Å². The summed E-state index contributed by atoms with van der Waals surface area (Å²) in [6.07, 6.45) is 3.06. The normalized spacial score (nSPS) is 20.5. The van der Waals surface area contributed by atoms with E-state index < -0.39 is 5.97 Å². The average Bonchev–Trinajstić information content (AvgIpc) is 2.43. The van der Waals surface area contributed by atoms with E-state index in [9.17, 15) is 9.59 Å². The minimum absolute atomic E-state index is 0.00865. The van der Waals surface area contributed by atoms with E-state index in [2.05, 4.69) is 10.6 Å². The third kappa shape index (κ3) is 5.77. The van der Waals surface area contributed by atoms with Crippen LogP contribution < -0.4 is 10.6 Å². The highest BCUT2D eigenvalue weighted by molar-refractivity contribution is 5.74. The first-order chi connectivity index (χ1) is 9.56. The molecular weight excluding hydrogens is 258 g/mol. The average molecular weight is 285 g/mol. The van der Waals surface area contributed by atoms with Crippen molar-refractivity contribution in [3.05, 3.63) is 0 Å². The summed E-state index contributed by atoms with van der Waals surface area (Å²) in [5.41, 5.74) is 0. The van der Waals surface area contributed by atoms with Gasteiger partial charge in [-0.05, 0) is 38.3 Å². The number of carbonyl (C=O) groups excluding carboxylic acids is 1. The summed E-state index contributed by atoms with van der Waals surface area (Å²) in [6, 6.07) is -0.0605. The van der Waals surface area contributed by atoms with Crippen LogP contribution in [-0.2, 0) is 4.79 Å². The molecule has 116 valence electrons. The molecule has 6 heteroatoms. The van der Waals surface area contributed by atoms with Crippen LogP contribution in [0.25, 0.3) is 0 Å². The van der Waals surface area contributed by atoms with Gasteiger partial charge in [-0.3, -0.25) is 4.79 Å². The van der Waals surface area contributed by atoms with Crippen LogP contribution in [-0.4, -0.2) is 55.2 Å². The second-order valence-corrected chi connectivity index (χ2v) is 5.57. The van der Waals surface area contributed by atoms with Crippen molar-refractivity contribution in [3.8, 4) is 0 Å². The maximum Gasteiger partial charge on any atom is 0.317 e. The summed E-state index contributed by atoms with van der Waals surface area (Å²) < 4.78 is 0. The molecule has 0 aromatic rings. The zero-order valence-electron chi connectivity index (χ0n) is 12.5. The quantitative estimate of drug-likeness (QED) is 0.655. The molecule has 0 radical (unpaired) electrons. The van der Waals surface area contributed by atoms with Crippen LogP contribution in [0.5, 0.6) is 0 Å². The Bertz CT molecular complexity index is 321. The highest BCUT2D eigenvalue weighted by Crippen LogP contribution is 2.16. The third-order valence-corrected chi connectivity index (χ3v) is 3.88. The number of carboxylic acids is 1. The van der Waals surface area contributed by atoms with Crippen molar-refractivity contribution in [1.29, 1.82) is 0 Å². The molecular formula is C14H27N3O3. The molecule has 1 rings (SSSR count). The molecule has 6 nitrogen and oxygen atoms in total. The fraction of sp³-hybridized carbons (Fsp3) is 0.857. The number of rotatable bonds is 7. The van der Waals surface area contributed by atoms with Gasteiger partial charge in [0.05, 0.1) is 0 Å². The van der Waals surface area contributed by atoms with Gasteiger partial charge < -0.3 is 20.6 Å². The smallest absolute Gasteiger partial charge is 0.317 e. The largest absolute Gasteiger partial charge is 0.481 e. The highest BCUT2D eigenvalue weighted by atomic mass is 16.4. The maximum absolute atomic E-state index is 12.1. The molecule has 1 aliphatic heterocycles. The van der Waals surface area contributed by atoms with E-state index in [4.69, 9.17) is 5.11 Å². The number of amides is 2. The predicted octanol–water partition coefficient (Wildman–Crippen LogP) is 1.13. The Morgan fingerprint density at radius 2 is 2.20 bits per heavy atom. The number of nitrogens with zero attached hydrogens (tertiary/aromatic N) is 1. The molecule has 20 heavy (non-hydrogen) atoms. The summed E-state index contributed by atoms with van der Waals surface area (Å²) >= 11 is 0. The van der Waals surface area contributed by atoms with Crippen LogP contribution in [0.1, 0.15) is 32.6 Å². The molecule has 1 heterocycles. The minimum atomic E-state index is -0.807. The minimum Gasteiger partial charge on any atom is -0.481 e. The number of hydrogen-bond acceptors (Lipinski definition) is 3. The molecule has 0 saturated carbocycles. The van der Waals surface area contributed by atoms with Crippen LogP contribution >= 0.6 is 0 Å². The zero-order valence-corrected chi connectivity index (χ0v) is 12.5. The lowest BCUT2D eigenvalue weighted by atomic mass is 9.98. The Morgan fingerprint density at radius 1 is 1.45 bits per heavy atom. The Balaban J connectivity index is 2.35. The van der Waals surface area contributed by atoms with Crippen molar-refractivity contribution in [1.82, 2.24) is 15.5 Å². The van der Waals surface area contributed by atoms with Crippen molar-refractivity contribution in [3.63, 3.8) is 0 Å². The van der Waals surface area contributed by atoms with Gasteiger partial charge in [-0.1, -0.05) is 13.3 Å². The number of hydrogen-bond donors (Lipinski definition) is 3. The summed E-state index contributed by atoms with van der Waals surface area (Å²) in [6.45, 7) is 4.89. The lowest BCUT2D eigenvalue weighted by molar-refractivity contribution is -0.138. The number of likely N-dealkylation sites (tertiary alicyclic amines) is 1. The lowest BCUT2D eigenvalue weighted by Gasteiger charge is -2.33. The molecule has 0 aromatic carbocycles. The number of urea groups is 1. The van der Waals surface area contributed by atoms with Gasteiger partial charge in [0.15, 0.2) is 0 Å². The van der Waals surface area contributed by atoms with E-state index in [0.29, 0.717) is 12.5 Å². The van der Waals surface area contributed by atoms with E-state index in [-0.39, 0.29) is 18.4 Å². The molecule has 2 atom stereocenters. The highest BCUT2D eigenvalue weighted by Gasteiger charge is 2.23. The van der Waals surface area contributed by atoms with E-state index in [0.717, 1.165) is 38.9 Å². The Hall–Kier alpha value is -1.30. The first-order valence-corrected chi connectivity index (χ1v) is 7.46. The Labute approximate surface area is 120 Å². The van der Waals surface area contributed by atoms with Gasteiger partial charge in [0, 0.05) is 26.1 Å². The van der Waals surface area contributed by atoms with Crippen LogP contribution in [0.4, 0.5) is 4.79 Å². The van der Waals surface area contributed by atoms with Gasteiger partial charge >= 0.3 is 12.0 Å². The van der Waals surface area contributed by atoms with E-state index in [1.54, 1.807) is 0 Å². The van der Waals surface area contributed by atoms with Gasteiger partial charge in [-0.25, -0.2) is 4.79 Å². The number of carbonyl (C=O) groups is 2. The molecule has 1 fully saturated rings. The van der Waals surface area contributed by atoms with Crippen molar-refractivity contribution < 1.29 is 14.7 Å². The van der Waals surface area contributed by atoms with Crippen molar-refractivity contribution in [2.24, 2.45) is 11.8 Å². The van der Waals surface area contributed by atoms with Gasteiger partial charge in [0.1, 0.15) is 0 Å². The van der Waals surface area contributed by atoms with Crippen molar-refractivity contribution in [2.75, 3.05) is 33.2 Å². The van der Waals surface area contributed by atoms with E-state index in [1.165, 1.54) is 0 Å². The van der Waals surface area contributed by atoms with Crippen LogP contribution in [0.3, 0.4) is 0 Å². The van der Waals surface area contributed by atoms with Gasteiger partial charge in [-0.15, -0.1) is 0 Å². The number of aliphatic carboxylic acids is 1. The third-order valence-electron chi connectivity index (χ3n) is 3.88. The summed E-state index contributed by atoms with van der Waals surface area (Å²) in [5, 5.41) is 14.8. The molecule has 3 N–H and O–H groups in total. The summed E-state index contributed by atoms with van der Waals surface area (Å²) in [7, 11) is 1.93. The zero-order chi connectivity index (χ0) is 15.0. The molecule has 0 aromatic heterocycles. The molecule has 0 bridgehead atoms. The molecule has 2 amide bonds. The first kappa shape index (κ1) is 16.8. The first-order valence-electron chi connectivity index (χ1n) is 7.46. The van der Waals surface area contributed by atoms with Crippen LogP contribution in [0.15, 0.2) is 0 Å². The molecule has 1 saturated heterocycles. The van der Waals surface area contributed by atoms with Gasteiger partial charge in [-0.2, -0.15) is 0 Å². The maximum atomic E-state index is 12.1. The Morgan fingerprint density at radius 3 is 2.80 bits per heavy atom. The Kier molecular flexibility index (Phi) is 7.36. The second kappa shape index (κ2) is 8.79. The fourth-order valence-electron chi connectivity index (χ4n) is 2.66. The van der Waals surface area contributed by atoms with Gasteiger partial charge in [0.2, 0.25) is 0 Å². The number of piperidine rings is 1. The van der Waals surface area contributed by atoms with Crippen molar-refractivity contribution >= 4 is 12.0 Å². The summed E-state index contributed by atoms with van der Waals surface area (Å²) in [5.74, 6) is -0.284. The monoisotopic (exact) mass is 285 g/mol. The van der Waals surface area contributed by atoms with Crippen molar-refractivity contribution in [2.45, 2.75) is 32.6 Å². The van der Waals surface area contributed by atoms with Crippen LogP contribution in [0, 0.1) is 11.8 Å². The fourth-order valence-corrected chi connectivity index (χ4v) is 2.66.